The van der Waals surface area contributed by atoms with Crippen molar-refractivity contribution in [2.24, 2.45) is 5.41 Å². The van der Waals surface area contributed by atoms with E-state index in [9.17, 15) is 4.79 Å². The third-order valence-corrected chi connectivity index (χ3v) is 4.95. The van der Waals surface area contributed by atoms with Crippen LogP contribution in [0.15, 0.2) is 29.6 Å². The van der Waals surface area contributed by atoms with E-state index >= 15 is 0 Å². The van der Waals surface area contributed by atoms with Crippen molar-refractivity contribution in [1.29, 1.82) is 0 Å². The fourth-order valence-electron chi connectivity index (χ4n) is 2.92. The maximum absolute atomic E-state index is 12.7. The molecule has 1 aromatic carbocycles. The standard InChI is InChI=1S/C17H21N3O2S/c1-12-19-15(9-23-12)13-4-3-5-14(8-13)20-16(21)17(11-22-2)6-7-18-10-17/h3-5,8-9,18H,6-7,10-11H2,1-2H3,(H,20,21). The Morgan fingerprint density at radius 3 is 3.04 bits per heavy atom. The number of aryl methyl sites for hydroxylation is 1. The number of thiazole rings is 1. The van der Waals surface area contributed by atoms with Gasteiger partial charge in [0.25, 0.3) is 0 Å². The van der Waals surface area contributed by atoms with Gasteiger partial charge in [-0.25, -0.2) is 4.98 Å². The summed E-state index contributed by atoms with van der Waals surface area (Å²) in [6.07, 6.45) is 0.789. The molecule has 0 bridgehead atoms. The SMILES string of the molecule is COCC1(C(=O)Nc2cccc(-c3csc(C)n3)c2)CCNC1. The van der Waals surface area contributed by atoms with Crippen molar-refractivity contribution in [3.63, 3.8) is 0 Å². The van der Waals surface area contributed by atoms with Crippen LogP contribution >= 0.6 is 11.3 Å². The van der Waals surface area contributed by atoms with Crippen molar-refractivity contribution < 1.29 is 9.53 Å². The van der Waals surface area contributed by atoms with Crippen molar-refractivity contribution in [3.05, 3.63) is 34.7 Å². The number of carbonyl (C=O) groups excluding carboxylic acids is 1. The van der Waals surface area contributed by atoms with Gasteiger partial charge in [-0.15, -0.1) is 11.3 Å². The Hall–Kier alpha value is -1.76. The van der Waals surface area contributed by atoms with Gasteiger partial charge in [-0.1, -0.05) is 12.1 Å². The minimum absolute atomic E-state index is 0.0101. The summed E-state index contributed by atoms with van der Waals surface area (Å²) >= 11 is 1.62. The first-order valence-electron chi connectivity index (χ1n) is 7.67. The fraction of sp³-hybridized carbons (Fsp3) is 0.412. The van der Waals surface area contributed by atoms with Crippen LogP contribution in [0, 0.1) is 12.3 Å². The highest BCUT2D eigenvalue weighted by molar-refractivity contribution is 7.09. The number of rotatable bonds is 5. The number of anilines is 1. The summed E-state index contributed by atoms with van der Waals surface area (Å²) in [5.74, 6) is 0.0101. The van der Waals surface area contributed by atoms with Gasteiger partial charge in [-0.2, -0.15) is 0 Å². The van der Waals surface area contributed by atoms with E-state index in [4.69, 9.17) is 4.74 Å². The molecule has 1 aromatic heterocycles. The van der Waals surface area contributed by atoms with Gasteiger partial charge >= 0.3 is 0 Å². The number of carbonyl (C=O) groups is 1. The van der Waals surface area contributed by atoms with Crippen molar-refractivity contribution in [3.8, 4) is 11.3 Å². The third-order valence-electron chi connectivity index (χ3n) is 4.18. The van der Waals surface area contributed by atoms with E-state index in [1.807, 2.05) is 36.6 Å². The van der Waals surface area contributed by atoms with Crippen LogP contribution in [0.4, 0.5) is 5.69 Å². The van der Waals surface area contributed by atoms with Crippen LogP contribution in [0.3, 0.4) is 0 Å². The highest BCUT2D eigenvalue weighted by Gasteiger charge is 2.41. The quantitative estimate of drug-likeness (QED) is 0.884. The molecule has 1 aliphatic heterocycles. The molecule has 1 atom stereocenters. The molecule has 5 nitrogen and oxygen atoms in total. The van der Waals surface area contributed by atoms with E-state index in [0.717, 1.165) is 34.9 Å². The van der Waals surface area contributed by atoms with E-state index in [-0.39, 0.29) is 5.91 Å². The van der Waals surface area contributed by atoms with Crippen LogP contribution in [-0.2, 0) is 9.53 Å². The zero-order chi connectivity index (χ0) is 16.3. The number of nitrogens with zero attached hydrogens (tertiary/aromatic N) is 1. The third kappa shape index (κ3) is 3.44. The van der Waals surface area contributed by atoms with Gasteiger partial charge in [0.1, 0.15) is 0 Å². The van der Waals surface area contributed by atoms with Gasteiger partial charge in [0.15, 0.2) is 0 Å². The fourth-order valence-corrected chi connectivity index (χ4v) is 3.54. The molecular weight excluding hydrogens is 310 g/mol. The number of methoxy groups -OCH3 is 1. The van der Waals surface area contributed by atoms with Crippen LogP contribution in [0.25, 0.3) is 11.3 Å². The first-order valence-corrected chi connectivity index (χ1v) is 8.55. The molecule has 23 heavy (non-hydrogen) atoms. The Morgan fingerprint density at radius 2 is 2.39 bits per heavy atom. The molecule has 0 spiro atoms. The predicted octanol–water partition coefficient (Wildman–Crippen LogP) is 2.68. The molecule has 0 aliphatic carbocycles. The van der Waals surface area contributed by atoms with Crippen molar-refractivity contribution in [2.75, 3.05) is 32.1 Å². The lowest BCUT2D eigenvalue weighted by molar-refractivity contribution is -0.127. The smallest absolute Gasteiger partial charge is 0.234 e. The second kappa shape index (κ2) is 6.78. The summed E-state index contributed by atoms with van der Waals surface area (Å²) < 4.78 is 5.27. The summed E-state index contributed by atoms with van der Waals surface area (Å²) in [5, 5.41) is 9.36. The molecule has 2 aromatic rings. The number of ether oxygens (including phenoxy) is 1. The van der Waals surface area contributed by atoms with Crippen LogP contribution < -0.4 is 10.6 Å². The topological polar surface area (TPSA) is 63.2 Å². The molecule has 1 saturated heterocycles. The second-order valence-electron chi connectivity index (χ2n) is 5.93. The van der Waals surface area contributed by atoms with E-state index in [2.05, 4.69) is 15.6 Å². The summed E-state index contributed by atoms with van der Waals surface area (Å²) in [6.45, 7) is 3.91. The first-order chi connectivity index (χ1) is 11.1. The van der Waals surface area contributed by atoms with Crippen LogP contribution in [0.2, 0.25) is 0 Å². The Balaban J connectivity index is 1.78. The minimum Gasteiger partial charge on any atom is -0.384 e. The van der Waals surface area contributed by atoms with Crippen LogP contribution in [0.5, 0.6) is 0 Å². The predicted molar refractivity (Wildman–Crippen MR) is 92.7 cm³/mol. The van der Waals surface area contributed by atoms with Gasteiger partial charge < -0.3 is 15.4 Å². The molecule has 3 rings (SSSR count). The first kappa shape index (κ1) is 16.1. The molecule has 6 heteroatoms. The molecule has 1 amide bonds. The highest BCUT2D eigenvalue weighted by Crippen LogP contribution is 2.29. The average molecular weight is 331 g/mol. The lowest BCUT2D eigenvalue weighted by atomic mass is 9.87. The van der Waals surface area contributed by atoms with E-state index in [1.54, 1.807) is 18.4 Å². The zero-order valence-corrected chi connectivity index (χ0v) is 14.2. The number of nitrogens with one attached hydrogen (secondary N) is 2. The number of hydrogen-bond acceptors (Lipinski definition) is 5. The molecule has 0 saturated carbocycles. The zero-order valence-electron chi connectivity index (χ0n) is 13.4. The van der Waals surface area contributed by atoms with Crippen molar-refractivity contribution in [1.82, 2.24) is 10.3 Å². The van der Waals surface area contributed by atoms with Gasteiger partial charge in [0, 0.05) is 30.3 Å². The summed E-state index contributed by atoms with van der Waals surface area (Å²) in [6, 6.07) is 7.82. The summed E-state index contributed by atoms with van der Waals surface area (Å²) in [4.78, 5) is 17.2. The lowest BCUT2D eigenvalue weighted by Gasteiger charge is -2.26. The number of aromatic nitrogens is 1. The number of amides is 1. The largest absolute Gasteiger partial charge is 0.384 e. The van der Waals surface area contributed by atoms with E-state index in [1.165, 1.54) is 0 Å². The van der Waals surface area contributed by atoms with Crippen molar-refractivity contribution in [2.45, 2.75) is 13.3 Å². The molecular formula is C17H21N3O2S. The molecule has 2 N–H and O–H groups in total. The van der Waals surface area contributed by atoms with Gasteiger partial charge in [0.05, 0.1) is 22.7 Å². The van der Waals surface area contributed by atoms with Gasteiger partial charge in [-0.05, 0) is 32.0 Å². The maximum atomic E-state index is 12.7. The maximum Gasteiger partial charge on any atom is 0.234 e. The monoisotopic (exact) mass is 331 g/mol. The second-order valence-corrected chi connectivity index (χ2v) is 6.99. The molecule has 122 valence electrons. The van der Waals surface area contributed by atoms with Gasteiger partial charge in [-0.3, -0.25) is 4.79 Å². The summed E-state index contributed by atoms with van der Waals surface area (Å²) in [5.41, 5.74) is 2.26. The molecule has 0 radical (unpaired) electrons. The lowest BCUT2D eigenvalue weighted by Crippen LogP contribution is -2.41. The van der Waals surface area contributed by atoms with E-state index in [0.29, 0.717) is 13.2 Å². The van der Waals surface area contributed by atoms with Crippen LogP contribution in [0.1, 0.15) is 11.4 Å². The normalized spacial score (nSPS) is 20.6. The molecule has 1 aliphatic rings. The molecule has 2 heterocycles. The Labute approximate surface area is 140 Å². The number of hydrogen-bond donors (Lipinski definition) is 2. The Bertz CT molecular complexity index is 693. The minimum atomic E-state index is -0.484. The number of benzene rings is 1. The summed E-state index contributed by atoms with van der Waals surface area (Å²) in [7, 11) is 1.64. The molecule has 1 unspecified atom stereocenters. The highest BCUT2D eigenvalue weighted by atomic mass is 32.1. The van der Waals surface area contributed by atoms with E-state index < -0.39 is 5.41 Å². The van der Waals surface area contributed by atoms with Gasteiger partial charge in [0.2, 0.25) is 5.91 Å². The van der Waals surface area contributed by atoms with Crippen molar-refractivity contribution >= 4 is 22.9 Å². The molecule has 1 fully saturated rings. The van der Waals surface area contributed by atoms with Crippen LogP contribution in [-0.4, -0.2) is 37.7 Å². The Kier molecular flexibility index (Phi) is 4.75. The Morgan fingerprint density at radius 1 is 1.52 bits per heavy atom. The average Bonchev–Trinajstić information content (AvgIpc) is 3.18.